The van der Waals surface area contributed by atoms with E-state index >= 15 is 0 Å². The zero-order valence-electron chi connectivity index (χ0n) is 22.4. The van der Waals surface area contributed by atoms with Crippen molar-refractivity contribution in [3.05, 3.63) is 63.6 Å². The van der Waals surface area contributed by atoms with Crippen molar-refractivity contribution in [3.63, 3.8) is 0 Å². The molecular formula is C30H40Cl2N4O2. The summed E-state index contributed by atoms with van der Waals surface area (Å²) in [7, 11) is 0. The van der Waals surface area contributed by atoms with E-state index in [1.54, 1.807) is 6.07 Å². The molecule has 2 aliphatic rings. The van der Waals surface area contributed by atoms with Gasteiger partial charge in [0.2, 0.25) is 11.8 Å². The summed E-state index contributed by atoms with van der Waals surface area (Å²) in [6.45, 7) is 8.96. The lowest BCUT2D eigenvalue weighted by atomic mass is 9.90. The highest BCUT2D eigenvalue weighted by molar-refractivity contribution is 6.42. The Morgan fingerprint density at radius 3 is 2.18 bits per heavy atom. The molecule has 38 heavy (non-hydrogen) atoms. The van der Waals surface area contributed by atoms with Gasteiger partial charge in [-0.25, -0.2) is 0 Å². The first kappa shape index (κ1) is 28.9. The van der Waals surface area contributed by atoms with E-state index in [0.29, 0.717) is 28.1 Å². The fourth-order valence-electron chi connectivity index (χ4n) is 5.74. The minimum atomic E-state index is -0.383. The smallest absolute Gasteiger partial charge is 0.248 e. The molecule has 2 aromatic carbocycles. The van der Waals surface area contributed by atoms with Crippen LogP contribution in [0.4, 0.5) is 5.69 Å². The maximum Gasteiger partial charge on any atom is 0.248 e. The number of rotatable bonds is 10. The number of hydrogen-bond acceptors (Lipinski definition) is 4. The van der Waals surface area contributed by atoms with Crippen molar-refractivity contribution >= 4 is 40.7 Å². The summed E-state index contributed by atoms with van der Waals surface area (Å²) in [5.41, 5.74) is 8.01. The lowest BCUT2D eigenvalue weighted by Crippen LogP contribution is -2.44. The first-order valence-corrected chi connectivity index (χ1v) is 14.7. The van der Waals surface area contributed by atoms with Gasteiger partial charge >= 0.3 is 0 Å². The number of benzene rings is 2. The molecule has 2 saturated heterocycles. The monoisotopic (exact) mass is 558 g/mol. The number of carbonyl (C=O) groups is 2. The van der Waals surface area contributed by atoms with Crippen molar-refractivity contribution < 1.29 is 9.59 Å². The van der Waals surface area contributed by atoms with Gasteiger partial charge in [0.05, 0.1) is 10.0 Å². The van der Waals surface area contributed by atoms with Crippen LogP contribution in [0.1, 0.15) is 54.9 Å². The number of piperidine rings is 2. The van der Waals surface area contributed by atoms with Gasteiger partial charge in [-0.15, -0.1) is 0 Å². The minimum absolute atomic E-state index is 0.0556. The van der Waals surface area contributed by atoms with Gasteiger partial charge in [-0.3, -0.25) is 9.59 Å². The van der Waals surface area contributed by atoms with Gasteiger partial charge in [0.1, 0.15) is 0 Å². The molecule has 0 atom stereocenters. The van der Waals surface area contributed by atoms with Crippen LogP contribution in [0.15, 0.2) is 42.5 Å². The Kier molecular flexibility index (Phi) is 10.5. The van der Waals surface area contributed by atoms with Gasteiger partial charge in [-0.05, 0) is 120 Å². The Hall–Kier alpha value is -2.12. The molecular weight excluding hydrogens is 519 g/mol. The van der Waals surface area contributed by atoms with Crippen molar-refractivity contribution in [1.29, 1.82) is 0 Å². The van der Waals surface area contributed by atoms with Crippen molar-refractivity contribution in [3.8, 4) is 0 Å². The highest BCUT2D eigenvalue weighted by atomic mass is 35.5. The molecule has 0 bridgehead atoms. The van der Waals surface area contributed by atoms with E-state index in [2.05, 4.69) is 16.7 Å². The van der Waals surface area contributed by atoms with E-state index in [4.69, 9.17) is 28.9 Å². The SMILES string of the molecule is CCN1CCC(C(=O)N(CCCN2CCC(Cc3ccc(C(N)=O)cc3)CC2)c2ccc(Cl)c(Cl)c2)CC1. The van der Waals surface area contributed by atoms with Crippen LogP contribution in [0.2, 0.25) is 10.0 Å². The standard InChI is InChI=1S/C30H40Cl2N4O2/c1-2-34-18-12-25(13-19-34)30(38)36(26-8-9-27(31)28(32)21-26)15-3-14-35-16-10-23(11-17-35)20-22-4-6-24(7-5-22)29(33)37/h4-9,21,23,25H,2-3,10-20H2,1H3,(H2,33,37). The molecule has 2 N–H and O–H groups in total. The van der Waals surface area contributed by atoms with E-state index in [-0.39, 0.29) is 17.7 Å². The van der Waals surface area contributed by atoms with Crippen LogP contribution < -0.4 is 10.6 Å². The van der Waals surface area contributed by atoms with Gasteiger partial charge in [-0.2, -0.15) is 0 Å². The van der Waals surface area contributed by atoms with Gasteiger partial charge in [0.15, 0.2) is 0 Å². The average molecular weight is 560 g/mol. The Morgan fingerprint density at radius 1 is 0.921 bits per heavy atom. The summed E-state index contributed by atoms with van der Waals surface area (Å²) in [4.78, 5) is 31.8. The first-order chi connectivity index (χ1) is 18.3. The number of primary amides is 1. The van der Waals surface area contributed by atoms with Crippen molar-refractivity contribution in [2.24, 2.45) is 17.6 Å². The lowest BCUT2D eigenvalue weighted by Gasteiger charge is -2.35. The van der Waals surface area contributed by atoms with Crippen molar-refractivity contribution in [2.75, 3.05) is 50.7 Å². The fraction of sp³-hybridized carbons (Fsp3) is 0.533. The molecule has 6 nitrogen and oxygen atoms in total. The molecule has 0 saturated carbocycles. The largest absolute Gasteiger partial charge is 0.366 e. The Bertz CT molecular complexity index is 1080. The second-order valence-corrected chi connectivity index (χ2v) is 11.5. The molecule has 2 fully saturated rings. The van der Waals surface area contributed by atoms with Crippen LogP contribution >= 0.6 is 23.2 Å². The molecule has 2 aliphatic heterocycles. The third-order valence-corrected chi connectivity index (χ3v) is 8.93. The van der Waals surface area contributed by atoms with E-state index in [1.165, 1.54) is 5.56 Å². The summed E-state index contributed by atoms with van der Waals surface area (Å²) < 4.78 is 0. The number of halogens is 2. The van der Waals surface area contributed by atoms with Gasteiger partial charge < -0.3 is 20.4 Å². The van der Waals surface area contributed by atoms with Crippen LogP contribution in [0.3, 0.4) is 0 Å². The number of nitrogens with two attached hydrogens (primary N) is 1. The van der Waals surface area contributed by atoms with E-state index in [9.17, 15) is 9.59 Å². The van der Waals surface area contributed by atoms with Gasteiger partial charge in [0, 0.05) is 23.7 Å². The molecule has 0 unspecified atom stereocenters. The third-order valence-electron chi connectivity index (χ3n) is 8.19. The van der Waals surface area contributed by atoms with E-state index < -0.39 is 0 Å². The quantitative estimate of drug-likeness (QED) is 0.417. The molecule has 2 heterocycles. The van der Waals surface area contributed by atoms with Crippen molar-refractivity contribution in [2.45, 2.75) is 45.4 Å². The highest BCUT2D eigenvalue weighted by Crippen LogP contribution is 2.30. The summed E-state index contributed by atoms with van der Waals surface area (Å²) in [5.74, 6) is 0.528. The maximum absolute atomic E-state index is 13.6. The molecule has 0 aliphatic carbocycles. The Balaban J connectivity index is 1.29. The van der Waals surface area contributed by atoms with Gasteiger partial charge in [-0.1, -0.05) is 42.3 Å². The molecule has 4 rings (SSSR count). The predicted octanol–water partition coefficient (Wildman–Crippen LogP) is 5.50. The predicted molar refractivity (Wildman–Crippen MR) is 156 cm³/mol. The summed E-state index contributed by atoms with van der Waals surface area (Å²) in [6.07, 6.45) is 6.07. The van der Waals surface area contributed by atoms with E-state index in [1.807, 2.05) is 41.3 Å². The summed E-state index contributed by atoms with van der Waals surface area (Å²) >= 11 is 12.5. The summed E-state index contributed by atoms with van der Waals surface area (Å²) in [6, 6.07) is 13.2. The van der Waals surface area contributed by atoms with Crippen LogP contribution in [0.25, 0.3) is 0 Å². The van der Waals surface area contributed by atoms with Crippen LogP contribution in [-0.4, -0.2) is 67.4 Å². The zero-order chi connectivity index (χ0) is 27.1. The topological polar surface area (TPSA) is 69.9 Å². The Morgan fingerprint density at radius 2 is 1.58 bits per heavy atom. The number of anilines is 1. The number of likely N-dealkylation sites (tertiary alicyclic amines) is 2. The van der Waals surface area contributed by atoms with Crippen LogP contribution in [-0.2, 0) is 11.2 Å². The van der Waals surface area contributed by atoms with Crippen LogP contribution in [0.5, 0.6) is 0 Å². The number of carbonyl (C=O) groups excluding carboxylic acids is 2. The van der Waals surface area contributed by atoms with E-state index in [0.717, 1.165) is 83.5 Å². The maximum atomic E-state index is 13.6. The molecule has 8 heteroatoms. The number of nitrogens with zero attached hydrogens (tertiary/aromatic N) is 3. The summed E-state index contributed by atoms with van der Waals surface area (Å²) in [5, 5.41) is 0.986. The molecule has 206 valence electrons. The Labute approximate surface area is 237 Å². The minimum Gasteiger partial charge on any atom is -0.366 e. The van der Waals surface area contributed by atoms with Crippen molar-refractivity contribution in [1.82, 2.24) is 9.80 Å². The lowest BCUT2D eigenvalue weighted by molar-refractivity contribution is -0.123. The number of hydrogen-bond donors (Lipinski definition) is 1. The molecule has 0 spiro atoms. The van der Waals surface area contributed by atoms with Gasteiger partial charge in [0.25, 0.3) is 0 Å². The second-order valence-electron chi connectivity index (χ2n) is 10.7. The third kappa shape index (κ3) is 7.72. The molecule has 2 aromatic rings. The normalized spacial score (nSPS) is 18.0. The highest BCUT2D eigenvalue weighted by Gasteiger charge is 2.29. The number of amides is 2. The van der Waals surface area contributed by atoms with Crippen LogP contribution in [0, 0.1) is 11.8 Å². The average Bonchev–Trinajstić information content (AvgIpc) is 2.93. The second kappa shape index (κ2) is 13.8. The molecule has 0 aromatic heterocycles. The molecule has 0 radical (unpaired) electrons. The first-order valence-electron chi connectivity index (χ1n) is 13.9. The molecule has 2 amide bonds. The fourth-order valence-corrected chi connectivity index (χ4v) is 6.03. The zero-order valence-corrected chi connectivity index (χ0v) is 23.9.